The van der Waals surface area contributed by atoms with Crippen LogP contribution in [0.2, 0.25) is 0 Å². The number of benzene rings is 2. The quantitative estimate of drug-likeness (QED) is 0.629. The Bertz CT molecular complexity index is 951. The lowest BCUT2D eigenvalue weighted by atomic mass is 10.2. The van der Waals surface area contributed by atoms with Gasteiger partial charge in [0.05, 0.1) is 25.6 Å². The molecule has 0 atom stereocenters. The number of rotatable bonds is 7. The summed E-state index contributed by atoms with van der Waals surface area (Å²) < 4.78 is 12.1. The van der Waals surface area contributed by atoms with Gasteiger partial charge in [-0.2, -0.15) is 0 Å². The van der Waals surface area contributed by atoms with E-state index in [0.717, 1.165) is 22.7 Å². The van der Waals surface area contributed by atoms with Crippen molar-refractivity contribution in [1.29, 1.82) is 0 Å². The van der Waals surface area contributed by atoms with Crippen LogP contribution in [0, 0.1) is 6.92 Å². The molecule has 7 nitrogen and oxygen atoms in total. The lowest BCUT2D eigenvalue weighted by molar-refractivity contribution is 0.0746. The second kappa shape index (κ2) is 8.56. The fraction of sp³-hybridized carbons (Fsp3) is 0.286. The average molecular weight is 380 g/mol. The van der Waals surface area contributed by atoms with E-state index < -0.39 is 0 Å². The molecule has 0 saturated heterocycles. The van der Waals surface area contributed by atoms with Crippen LogP contribution < -0.4 is 9.47 Å². The van der Waals surface area contributed by atoms with Crippen LogP contribution in [-0.4, -0.2) is 46.6 Å². The standard InChI is InChI=1S/C21H24N4O3/c1-5-24(14-16-9-11-18(27-3)12-10-16)21(26)20-15(2)25(23-22-20)17-7-6-8-19(13-17)28-4/h6-13H,5,14H2,1-4H3. The zero-order valence-electron chi connectivity index (χ0n) is 16.5. The first-order valence-corrected chi connectivity index (χ1v) is 9.06. The maximum Gasteiger partial charge on any atom is 0.276 e. The molecule has 0 N–H and O–H groups in total. The molecule has 0 aliphatic heterocycles. The fourth-order valence-corrected chi connectivity index (χ4v) is 2.94. The van der Waals surface area contributed by atoms with Crippen LogP contribution in [0.25, 0.3) is 5.69 Å². The van der Waals surface area contributed by atoms with Crippen molar-refractivity contribution in [3.63, 3.8) is 0 Å². The Balaban J connectivity index is 1.83. The third kappa shape index (κ3) is 3.98. The van der Waals surface area contributed by atoms with Crippen molar-refractivity contribution in [2.24, 2.45) is 0 Å². The summed E-state index contributed by atoms with van der Waals surface area (Å²) in [6.45, 7) is 4.85. The second-order valence-corrected chi connectivity index (χ2v) is 6.30. The van der Waals surface area contributed by atoms with Crippen LogP contribution in [0.15, 0.2) is 48.5 Å². The van der Waals surface area contributed by atoms with Crippen LogP contribution >= 0.6 is 0 Å². The third-order valence-electron chi connectivity index (χ3n) is 4.60. The Morgan fingerprint density at radius 1 is 1.07 bits per heavy atom. The summed E-state index contributed by atoms with van der Waals surface area (Å²) in [5.74, 6) is 1.36. The van der Waals surface area contributed by atoms with Gasteiger partial charge in [-0.15, -0.1) is 5.10 Å². The van der Waals surface area contributed by atoms with E-state index in [9.17, 15) is 4.79 Å². The molecule has 7 heteroatoms. The highest BCUT2D eigenvalue weighted by Gasteiger charge is 2.22. The molecule has 28 heavy (non-hydrogen) atoms. The van der Waals surface area contributed by atoms with Crippen LogP contribution in [0.4, 0.5) is 0 Å². The van der Waals surface area contributed by atoms with E-state index in [-0.39, 0.29) is 5.91 Å². The SMILES string of the molecule is CCN(Cc1ccc(OC)cc1)C(=O)c1nnn(-c2cccc(OC)c2)c1C. The number of carbonyl (C=O) groups is 1. The van der Waals surface area contributed by atoms with E-state index in [1.165, 1.54) is 0 Å². The Morgan fingerprint density at radius 3 is 2.43 bits per heavy atom. The van der Waals surface area contributed by atoms with E-state index >= 15 is 0 Å². The van der Waals surface area contributed by atoms with Crippen molar-refractivity contribution < 1.29 is 14.3 Å². The molecule has 3 rings (SSSR count). The van der Waals surface area contributed by atoms with Crippen molar-refractivity contribution in [3.05, 3.63) is 65.5 Å². The molecule has 2 aromatic carbocycles. The predicted octanol–water partition coefficient (Wildman–Crippen LogP) is 3.26. The monoisotopic (exact) mass is 380 g/mol. The Labute approximate surface area is 164 Å². The number of amides is 1. The zero-order chi connectivity index (χ0) is 20.1. The number of aromatic nitrogens is 3. The number of ether oxygens (including phenoxy) is 2. The minimum Gasteiger partial charge on any atom is -0.497 e. The van der Waals surface area contributed by atoms with E-state index in [1.54, 1.807) is 23.8 Å². The van der Waals surface area contributed by atoms with Gasteiger partial charge in [0, 0.05) is 19.2 Å². The first-order chi connectivity index (χ1) is 13.6. The van der Waals surface area contributed by atoms with E-state index in [0.29, 0.717) is 24.5 Å². The molecule has 0 aliphatic carbocycles. The molecule has 0 spiro atoms. The van der Waals surface area contributed by atoms with Gasteiger partial charge >= 0.3 is 0 Å². The number of carbonyl (C=O) groups excluding carboxylic acids is 1. The molecule has 0 bridgehead atoms. The number of hydrogen-bond donors (Lipinski definition) is 0. The summed E-state index contributed by atoms with van der Waals surface area (Å²) in [4.78, 5) is 14.8. The molecule has 0 aliphatic rings. The zero-order valence-corrected chi connectivity index (χ0v) is 16.5. The molecular formula is C21H24N4O3. The number of methoxy groups -OCH3 is 2. The predicted molar refractivity (Wildman–Crippen MR) is 106 cm³/mol. The van der Waals surface area contributed by atoms with Crippen molar-refractivity contribution >= 4 is 5.91 Å². The van der Waals surface area contributed by atoms with Crippen molar-refractivity contribution in [2.45, 2.75) is 20.4 Å². The van der Waals surface area contributed by atoms with Crippen molar-refractivity contribution in [1.82, 2.24) is 19.9 Å². The maximum absolute atomic E-state index is 13.1. The summed E-state index contributed by atoms with van der Waals surface area (Å²) in [5.41, 5.74) is 2.85. The minimum absolute atomic E-state index is 0.148. The van der Waals surface area contributed by atoms with Gasteiger partial charge in [-0.05, 0) is 43.7 Å². The summed E-state index contributed by atoms with van der Waals surface area (Å²) in [7, 11) is 3.24. The molecule has 1 aromatic heterocycles. The molecule has 1 heterocycles. The molecule has 0 unspecified atom stereocenters. The highest BCUT2D eigenvalue weighted by molar-refractivity contribution is 5.93. The average Bonchev–Trinajstić information content (AvgIpc) is 3.13. The minimum atomic E-state index is -0.148. The lowest BCUT2D eigenvalue weighted by Gasteiger charge is -2.20. The third-order valence-corrected chi connectivity index (χ3v) is 4.60. The lowest BCUT2D eigenvalue weighted by Crippen LogP contribution is -2.31. The fourth-order valence-electron chi connectivity index (χ4n) is 2.94. The molecule has 0 fully saturated rings. The Kier molecular flexibility index (Phi) is 5.93. The van der Waals surface area contributed by atoms with Crippen molar-refractivity contribution in [2.75, 3.05) is 20.8 Å². The van der Waals surface area contributed by atoms with Crippen LogP contribution in [0.5, 0.6) is 11.5 Å². The molecule has 0 radical (unpaired) electrons. The van der Waals surface area contributed by atoms with Gasteiger partial charge < -0.3 is 14.4 Å². The molecule has 1 amide bonds. The molecule has 146 valence electrons. The van der Waals surface area contributed by atoms with Gasteiger partial charge in [0.2, 0.25) is 0 Å². The Hall–Kier alpha value is -3.35. The van der Waals surface area contributed by atoms with E-state index in [2.05, 4.69) is 10.3 Å². The van der Waals surface area contributed by atoms with E-state index in [4.69, 9.17) is 9.47 Å². The first kappa shape index (κ1) is 19.4. The molecular weight excluding hydrogens is 356 g/mol. The van der Waals surface area contributed by atoms with Crippen LogP contribution in [0.1, 0.15) is 28.7 Å². The smallest absolute Gasteiger partial charge is 0.276 e. The molecule has 3 aromatic rings. The second-order valence-electron chi connectivity index (χ2n) is 6.30. The van der Waals surface area contributed by atoms with Crippen molar-refractivity contribution in [3.8, 4) is 17.2 Å². The van der Waals surface area contributed by atoms with Gasteiger partial charge in [-0.3, -0.25) is 4.79 Å². The Morgan fingerprint density at radius 2 is 1.79 bits per heavy atom. The summed E-state index contributed by atoms with van der Waals surface area (Å²) in [6, 6.07) is 15.2. The topological polar surface area (TPSA) is 69.5 Å². The molecule has 0 saturated carbocycles. The normalized spacial score (nSPS) is 10.6. The number of nitrogens with zero attached hydrogens (tertiary/aromatic N) is 4. The van der Waals surface area contributed by atoms with Gasteiger partial charge in [-0.25, -0.2) is 4.68 Å². The summed E-state index contributed by atoms with van der Waals surface area (Å²) in [5, 5.41) is 8.32. The summed E-state index contributed by atoms with van der Waals surface area (Å²) >= 11 is 0. The maximum atomic E-state index is 13.1. The van der Waals surface area contributed by atoms with Crippen LogP contribution in [-0.2, 0) is 6.54 Å². The largest absolute Gasteiger partial charge is 0.497 e. The highest BCUT2D eigenvalue weighted by Crippen LogP contribution is 2.20. The van der Waals surface area contributed by atoms with Gasteiger partial charge in [-0.1, -0.05) is 23.4 Å². The van der Waals surface area contributed by atoms with Gasteiger partial charge in [0.25, 0.3) is 5.91 Å². The van der Waals surface area contributed by atoms with Gasteiger partial charge in [0.15, 0.2) is 5.69 Å². The highest BCUT2D eigenvalue weighted by atomic mass is 16.5. The first-order valence-electron chi connectivity index (χ1n) is 9.06. The van der Waals surface area contributed by atoms with Crippen LogP contribution in [0.3, 0.4) is 0 Å². The van der Waals surface area contributed by atoms with Gasteiger partial charge in [0.1, 0.15) is 11.5 Å². The van der Waals surface area contributed by atoms with E-state index in [1.807, 2.05) is 62.4 Å². The summed E-state index contributed by atoms with van der Waals surface area (Å²) in [6.07, 6.45) is 0. The number of hydrogen-bond acceptors (Lipinski definition) is 5.